The number of nitrogens with one attached hydrogen (secondary N) is 1. The first kappa shape index (κ1) is 14.8. The van der Waals surface area contributed by atoms with Crippen LogP contribution in [-0.2, 0) is 16.6 Å². The first-order chi connectivity index (χ1) is 9.70. The van der Waals surface area contributed by atoms with Crippen LogP contribution in [0.4, 0.5) is 5.69 Å². The number of anilines is 1. The summed E-state index contributed by atoms with van der Waals surface area (Å²) < 4.78 is 6.73. The Labute approximate surface area is 119 Å². The van der Waals surface area contributed by atoms with E-state index in [0.29, 0.717) is 19.7 Å². The van der Waals surface area contributed by atoms with E-state index in [0.717, 1.165) is 31.9 Å². The molecule has 0 saturated carbocycles. The van der Waals surface area contributed by atoms with E-state index < -0.39 is 0 Å². The monoisotopic (exact) mass is 281 g/mol. The molecule has 1 N–H and O–H groups in total. The van der Waals surface area contributed by atoms with Gasteiger partial charge in [-0.1, -0.05) is 0 Å². The molecule has 2 rings (SSSR count). The van der Waals surface area contributed by atoms with Crippen LogP contribution in [0.1, 0.15) is 0 Å². The summed E-state index contributed by atoms with van der Waals surface area (Å²) in [7, 11) is 3.57. The molecule has 1 aliphatic rings. The van der Waals surface area contributed by atoms with Gasteiger partial charge in [-0.15, -0.1) is 0 Å². The lowest BCUT2D eigenvalue weighted by Crippen LogP contribution is -2.51. The third kappa shape index (κ3) is 3.94. The van der Waals surface area contributed by atoms with Crippen LogP contribution in [0.15, 0.2) is 12.4 Å². The van der Waals surface area contributed by atoms with E-state index in [1.807, 2.05) is 24.3 Å². The molecule has 0 bridgehead atoms. The van der Waals surface area contributed by atoms with Crippen molar-refractivity contribution in [2.75, 3.05) is 57.9 Å². The van der Waals surface area contributed by atoms with Gasteiger partial charge in [0.1, 0.15) is 0 Å². The largest absolute Gasteiger partial charge is 0.383 e. The minimum atomic E-state index is 0.159. The Morgan fingerprint density at radius 1 is 1.40 bits per heavy atom. The second-order valence-corrected chi connectivity index (χ2v) is 4.91. The number of aryl methyl sites for hydroxylation is 1. The Morgan fingerprint density at radius 3 is 2.75 bits per heavy atom. The molecule has 0 atom stereocenters. The fourth-order valence-corrected chi connectivity index (χ4v) is 2.27. The maximum absolute atomic E-state index is 12.0. The number of amides is 1. The van der Waals surface area contributed by atoms with Gasteiger partial charge in [-0.2, -0.15) is 5.10 Å². The zero-order valence-corrected chi connectivity index (χ0v) is 12.2. The Kier molecular flexibility index (Phi) is 5.37. The Bertz CT molecular complexity index is 426. The highest BCUT2D eigenvalue weighted by molar-refractivity contribution is 5.78. The van der Waals surface area contributed by atoms with Crippen LogP contribution in [0.2, 0.25) is 0 Å². The van der Waals surface area contributed by atoms with Crippen molar-refractivity contribution < 1.29 is 9.53 Å². The van der Waals surface area contributed by atoms with Gasteiger partial charge in [0.05, 0.1) is 25.0 Å². The third-order valence-electron chi connectivity index (χ3n) is 3.45. The van der Waals surface area contributed by atoms with Crippen LogP contribution in [0.25, 0.3) is 0 Å². The summed E-state index contributed by atoms with van der Waals surface area (Å²) in [6.07, 6.45) is 3.87. The van der Waals surface area contributed by atoms with E-state index in [2.05, 4.69) is 15.3 Å². The summed E-state index contributed by atoms with van der Waals surface area (Å²) >= 11 is 0. The molecule has 20 heavy (non-hydrogen) atoms. The number of hydrogen-bond acceptors (Lipinski definition) is 5. The standard InChI is InChI=1S/C13H23N5O2/c1-16-11-12(9-15-16)17-4-6-18(7-5-17)13(19)10-14-3-8-20-2/h9,11,14H,3-8,10H2,1-2H3. The minimum absolute atomic E-state index is 0.159. The van der Waals surface area contributed by atoms with Gasteiger partial charge in [0, 0.05) is 53.1 Å². The molecule has 7 heteroatoms. The van der Waals surface area contributed by atoms with E-state index in [-0.39, 0.29) is 5.91 Å². The highest BCUT2D eigenvalue weighted by Gasteiger charge is 2.21. The van der Waals surface area contributed by atoms with Crippen LogP contribution in [0.5, 0.6) is 0 Å². The number of nitrogens with zero attached hydrogens (tertiary/aromatic N) is 4. The van der Waals surface area contributed by atoms with Crippen LogP contribution in [0.3, 0.4) is 0 Å². The number of hydrogen-bond donors (Lipinski definition) is 1. The number of carbonyl (C=O) groups is 1. The van der Waals surface area contributed by atoms with Crippen LogP contribution < -0.4 is 10.2 Å². The first-order valence-electron chi connectivity index (χ1n) is 6.91. The molecule has 0 aliphatic carbocycles. The van der Waals surface area contributed by atoms with Crippen molar-refractivity contribution in [2.24, 2.45) is 7.05 Å². The second kappa shape index (κ2) is 7.25. The molecule has 1 aliphatic heterocycles. The van der Waals surface area contributed by atoms with E-state index in [1.54, 1.807) is 11.8 Å². The van der Waals surface area contributed by atoms with Crippen molar-refractivity contribution in [3.63, 3.8) is 0 Å². The molecule has 7 nitrogen and oxygen atoms in total. The summed E-state index contributed by atoms with van der Waals surface area (Å²) in [5.74, 6) is 0.159. The van der Waals surface area contributed by atoms with Gasteiger partial charge >= 0.3 is 0 Å². The fourth-order valence-electron chi connectivity index (χ4n) is 2.27. The fraction of sp³-hybridized carbons (Fsp3) is 0.692. The number of aromatic nitrogens is 2. The Hall–Kier alpha value is -1.60. The molecule has 0 radical (unpaired) electrons. The maximum Gasteiger partial charge on any atom is 0.236 e. The summed E-state index contributed by atoms with van der Waals surface area (Å²) in [6.45, 7) is 4.96. The average molecular weight is 281 g/mol. The summed E-state index contributed by atoms with van der Waals surface area (Å²) in [6, 6.07) is 0. The van der Waals surface area contributed by atoms with Crippen molar-refractivity contribution in [2.45, 2.75) is 0 Å². The van der Waals surface area contributed by atoms with Gasteiger partial charge < -0.3 is 19.9 Å². The zero-order chi connectivity index (χ0) is 14.4. The lowest BCUT2D eigenvalue weighted by Gasteiger charge is -2.35. The van der Waals surface area contributed by atoms with Crippen LogP contribution >= 0.6 is 0 Å². The normalized spacial score (nSPS) is 15.7. The molecule has 0 spiro atoms. The van der Waals surface area contributed by atoms with Crippen molar-refractivity contribution in [3.05, 3.63) is 12.4 Å². The van der Waals surface area contributed by atoms with Gasteiger partial charge in [0.25, 0.3) is 0 Å². The molecule has 0 unspecified atom stereocenters. The molecular weight excluding hydrogens is 258 g/mol. The van der Waals surface area contributed by atoms with Crippen LogP contribution in [0, 0.1) is 0 Å². The average Bonchev–Trinajstić information content (AvgIpc) is 2.90. The highest BCUT2D eigenvalue weighted by atomic mass is 16.5. The number of piperazine rings is 1. The predicted molar refractivity (Wildman–Crippen MR) is 76.7 cm³/mol. The van der Waals surface area contributed by atoms with Crippen molar-refractivity contribution in [1.29, 1.82) is 0 Å². The molecule has 1 fully saturated rings. The van der Waals surface area contributed by atoms with E-state index in [1.165, 1.54) is 0 Å². The summed E-state index contributed by atoms with van der Waals surface area (Å²) in [4.78, 5) is 16.2. The number of carbonyl (C=O) groups excluding carboxylic acids is 1. The number of rotatable bonds is 6. The van der Waals surface area contributed by atoms with E-state index >= 15 is 0 Å². The number of methoxy groups -OCH3 is 1. The molecule has 112 valence electrons. The maximum atomic E-state index is 12.0. The highest BCUT2D eigenvalue weighted by Crippen LogP contribution is 2.14. The topological polar surface area (TPSA) is 62.6 Å². The number of ether oxygens (including phenoxy) is 1. The quantitative estimate of drug-likeness (QED) is 0.699. The zero-order valence-electron chi connectivity index (χ0n) is 12.2. The molecule has 0 aromatic carbocycles. The molecule has 1 amide bonds. The minimum Gasteiger partial charge on any atom is -0.383 e. The SMILES string of the molecule is COCCNCC(=O)N1CCN(c2cnn(C)c2)CC1. The molecule has 2 heterocycles. The lowest BCUT2D eigenvalue weighted by atomic mass is 10.3. The van der Waals surface area contributed by atoms with Gasteiger partial charge in [-0.3, -0.25) is 9.48 Å². The Balaban J connectivity index is 1.72. The summed E-state index contributed by atoms with van der Waals surface area (Å²) in [5, 5.41) is 7.26. The Morgan fingerprint density at radius 2 is 2.15 bits per heavy atom. The second-order valence-electron chi connectivity index (χ2n) is 4.91. The third-order valence-corrected chi connectivity index (χ3v) is 3.45. The van der Waals surface area contributed by atoms with E-state index in [4.69, 9.17) is 4.74 Å². The van der Waals surface area contributed by atoms with Crippen molar-refractivity contribution >= 4 is 11.6 Å². The van der Waals surface area contributed by atoms with Gasteiger partial charge in [-0.25, -0.2) is 0 Å². The van der Waals surface area contributed by atoms with Gasteiger partial charge in [0.2, 0.25) is 5.91 Å². The predicted octanol–water partition coefficient (Wildman–Crippen LogP) is -0.695. The van der Waals surface area contributed by atoms with Crippen LogP contribution in [-0.4, -0.2) is 73.6 Å². The molecule has 1 saturated heterocycles. The smallest absolute Gasteiger partial charge is 0.236 e. The molecular formula is C13H23N5O2. The lowest BCUT2D eigenvalue weighted by molar-refractivity contribution is -0.130. The molecule has 1 aromatic rings. The molecule has 1 aromatic heterocycles. The summed E-state index contributed by atoms with van der Waals surface area (Å²) in [5.41, 5.74) is 1.12. The van der Waals surface area contributed by atoms with E-state index in [9.17, 15) is 4.79 Å². The van der Waals surface area contributed by atoms with Crippen molar-refractivity contribution in [1.82, 2.24) is 20.0 Å². The van der Waals surface area contributed by atoms with Gasteiger partial charge in [-0.05, 0) is 0 Å². The van der Waals surface area contributed by atoms with Crippen molar-refractivity contribution in [3.8, 4) is 0 Å². The first-order valence-corrected chi connectivity index (χ1v) is 6.91. The van der Waals surface area contributed by atoms with Gasteiger partial charge in [0.15, 0.2) is 0 Å².